The molecule has 1 N–H and O–H groups in total. The molecule has 5 nitrogen and oxygen atoms in total. The molecule has 0 saturated heterocycles. The van der Waals surface area contributed by atoms with E-state index in [1.165, 1.54) is 7.11 Å². The van der Waals surface area contributed by atoms with Crippen LogP contribution in [0.5, 0.6) is 0 Å². The minimum absolute atomic E-state index is 0.0558. The van der Waals surface area contributed by atoms with Gasteiger partial charge in [-0.05, 0) is 33.7 Å². The first-order chi connectivity index (χ1) is 8.57. The summed E-state index contributed by atoms with van der Waals surface area (Å²) in [6.45, 7) is 5.25. The second-order valence-electron chi connectivity index (χ2n) is 4.79. The standard InChI is InChI=1S/C13H25NO4/c1-5-17-9-10(2)18-11-6-7-13(8-11,14-3)12(15)16-4/h10-11,14H,5-9H2,1-4H3. The van der Waals surface area contributed by atoms with Gasteiger partial charge in [-0.1, -0.05) is 0 Å². The lowest BCUT2D eigenvalue weighted by Gasteiger charge is -2.26. The smallest absolute Gasteiger partial charge is 0.326 e. The Kier molecular flexibility index (Phi) is 6.05. The number of likely N-dealkylation sites (N-methyl/N-ethyl adjacent to an activating group) is 1. The summed E-state index contributed by atoms with van der Waals surface area (Å²) in [6.07, 6.45) is 2.42. The highest BCUT2D eigenvalue weighted by molar-refractivity contribution is 5.81. The molecule has 1 aliphatic rings. The largest absolute Gasteiger partial charge is 0.468 e. The van der Waals surface area contributed by atoms with Gasteiger partial charge in [0.25, 0.3) is 0 Å². The van der Waals surface area contributed by atoms with Gasteiger partial charge >= 0.3 is 5.97 Å². The summed E-state index contributed by atoms with van der Waals surface area (Å²) in [6, 6.07) is 0. The molecule has 0 heterocycles. The lowest BCUT2D eigenvalue weighted by molar-refractivity contribution is -0.148. The van der Waals surface area contributed by atoms with Gasteiger partial charge in [-0.15, -0.1) is 0 Å². The Morgan fingerprint density at radius 2 is 2.28 bits per heavy atom. The number of methoxy groups -OCH3 is 1. The maximum atomic E-state index is 11.8. The quantitative estimate of drug-likeness (QED) is 0.694. The van der Waals surface area contributed by atoms with E-state index in [9.17, 15) is 4.79 Å². The third kappa shape index (κ3) is 3.67. The fraction of sp³-hybridized carbons (Fsp3) is 0.923. The first-order valence-corrected chi connectivity index (χ1v) is 6.58. The zero-order valence-electron chi connectivity index (χ0n) is 11.8. The minimum Gasteiger partial charge on any atom is -0.468 e. The van der Waals surface area contributed by atoms with E-state index in [-0.39, 0.29) is 18.2 Å². The van der Waals surface area contributed by atoms with Crippen molar-refractivity contribution < 1.29 is 19.0 Å². The lowest BCUT2D eigenvalue weighted by atomic mass is 9.98. The van der Waals surface area contributed by atoms with E-state index in [2.05, 4.69) is 5.32 Å². The van der Waals surface area contributed by atoms with Gasteiger partial charge in [0.05, 0.1) is 25.9 Å². The number of nitrogens with one attached hydrogen (secondary N) is 1. The number of carbonyl (C=O) groups excluding carboxylic acids is 1. The molecule has 106 valence electrons. The van der Waals surface area contributed by atoms with Crippen LogP contribution in [0.25, 0.3) is 0 Å². The van der Waals surface area contributed by atoms with Gasteiger partial charge in [0, 0.05) is 13.0 Å². The molecule has 18 heavy (non-hydrogen) atoms. The second-order valence-corrected chi connectivity index (χ2v) is 4.79. The van der Waals surface area contributed by atoms with Crippen LogP contribution in [0.1, 0.15) is 33.1 Å². The van der Waals surface area contributed by atoms with Gasteiger partial charge < -0.3 is 19.5 Å². The molecule has 1 rings (SSSR count). The number of hydrogen-bond acceptors (Lipinski definition) is 5. The topological polar surface area (TPSA) is 56.8 Å². The van der Waals surface area contributed by atoms with Crippen molar-refractivity contribution in [2.75, 3.05) is 27.4 Å². The van der Waals surface area contributed by atoms with Crippen LogP contribution >= 0.6 is 0 Å². The molecule has 1 aliphatic carbocycles. The second kappa shape index (κ2) is 7.07. The first-order valence-electron chi connectivity index (χ1n) is 6.58. The molecule has 0 bridgehead atoms. The van der Waals surface area contributed by atoms with Crippen LogP contribution in [0.15, 0.2) is 0 Å². The van der Waals surface area contributed by atoms with Crippen LogP contribution in [0.2, 0.25) is 0 Å². The number of esters is 1. The van der Waals surface area contributed by atoms with Gasteiger partial charge in [0.1, 0.15) is 5.54 Å². The predicted molar refractivity (Wildman–Crippen MR) is 68.5 cm³/mol. The van der Waals surface area contributed by atoms with E-state index in [0.717, 1.165) is 12.8 Å². The average molecular weight is 259 g/mol. The molecule has 0 aromatic carbocycles. The van der Waals surface area contributed by atoms with Crippen molar-refractivity contribution in [3.63, 3.8) is 0 Å². The summed E-state index contributed by atoms with van der Waals surface area (Å²) in [4.78, 5) is 11.8. The molecular formula is C13H25NO4. The average Bonchev–Trinajstić information content (AvgIpc) is 2.80. The van der Waals surface area contributed by atoms with E-state index >= 15 is 0 Å². The molecule has 1 fully saturated rings. The van der Waals surface area contributed by atoms with E-state index < -0.39 is 5.54 Å². The van der Waals surface area contributed by atoms with Gasteiger partial charge in [0.2, 0.25) is 0 Å². The van der Waals surface area contributed by atoms with Gasteiger partial charge in [-0.3, -0.25) is 4.79 Å². The SMILES string of the molecule is CCOCC(C)OC1CCC(NC)(C(=O)OC)C1. The summed E-state index contributed by atoms with van der Waals surface area (Å²) in [5, 5.41) is 3.09. The highest BCUT2D eigenvalue weighted by Gasteiger charge is 2.45. The monoisotopic (exact) mass is 259 g/mol. The van der Waals surface area contributed by atoms with Crippen LogP contribution in [0.3, 0.4) is 0 Å². The predicted octanol–water partition coefficient (Wildman–Crippen LogP) is 1.11. The normalized spacial score (nSPS) is 29.2. The van der Waals surface area contributed by atoms with Crippen molar-refractivity contribution in [3.05, 3.63) is 0 Å². The molecule has 0 amide bonds. The molecule has 5 heteroatoms. The molecular weight excluding hydrogens is 234 g/mol. The third-order valence-corrected chi connectivity index (χ3v) is 3.51. The van der Waals surface area contributed by atoms with Crippen molar-refractivity contribution >= 4 is 5.97 Å². The van der Waals surface area contributed by atoms with E-state index in [0.29, 0.717) is 19.6 Å². The van der Waals surface area contributed by atoms with E-state index in [1.807, 2.05) is 13.8 Å². The van der Waals surface area contributed by atoms with Gasteiger partial charge in [0.15, 0.2) is 0 Å². The number of carbonyl (C=O) groups is 1. The van der Waals surface area contributed by atoms with Crippen molar-refractivity contribution in [1.82, 2.24) is 5.32 Å². The molecule has 0 aromatic rings. The number of ether oxygens (including phenoxy) is 3. The zero-order valence-corrected chi connectivity index (χ0v) is 11.8. The zero-order chi connectivity index (χ0) is 13.6. The molecule has 0 radical (unpaired) electrons. The molecule has 3 unspecified atom stereocenters. The molecule has 3 atom stereocenters. The van der Waals surface area contributed by atoms with E-state index in [1.54, 1.807) is 7.05 Å². The van der Waals surface area contributed by atoms with Crippen molar-refractivity contribution in [2.24, 2.45) is 0 Å². The Labute approximate surface area is 109 Å². The van der Waals surface area contributed by atoms with Crippen LogP contribution in [0.4, 0.5) is 0 Å². The Balaban J connectivity index is 2.46. The summed E-state index contributed by atoms with van der Waals surface area (Å²) < 4.78 is 16.1. The summed E-state index contributed by atoms with van der Waals surface area (Å²) in [5.74, 6) is -0.200. The maximum absolute atomic E-state index is 11.8. The molecule has 1 saturated carbocycles. The Morgan fingerprint density at radius 1 is 1.56 bits per heavy atom. The Hall–Kier alpha value is -0.650. The van der Waals surface area contributed by atoms with Crippen molar-refractivity contribution in [1.29, 1.82) is 0 Å². The number of rotatable bonds is 7. The summed E-state index contributed by atoms with van der Waals surface area (Å²) in [7, 11) is 3.22. The molecule has 0 aromatic heterocycles. The molecule has 0 aliphatic heterocycles. The van der Waals surface area contributed by atoms with Gasteiger partial charge in [-0.2, -0.15) is 0 Å². The fourth-order valence-corrected chi connectivity index (χ4v) is 2.48. The summed E-state index contributed by atoms with van der Waals surface area (Å²) in [5.41, 5.74) is -0.579. The minimum atomic E-state index is -0.579. The Bertz CT molecular complexity index is 272. The first kappa shape index (κ1) is 15.4. The van der Waals surface area contributed by atoms with Crippen molar-refractivity contribution in [2.45, 2.75) is 50.9 Å². The highest BCUT2D eigenvalue weighted by Crippen LogP contribution is 2.33. The van der Waals surface area contributed by atoms with Gasteiger partial charge in [-0.25, -0.2) is 0 Å². The van der Waals surface area contributed by atoms with Crippen LogP contribution < -0.4 is 5.32 Å². The lowest BCUT2D eigenvalue weighted by Crippen LogP contribution is -2.49. The molecule has 0 spiro atoms. The van der Waals surface area contributed by atoms with Crippen molar-refractivity contribution in [3.8, 4) is 0 Å². The highest BCUT2D eigenvalue weighted by atomic mass is 16.5. The number of hydrogen-bond donors (Lipinski definition) is 1. The maximum Gasteiger partial charge on any atom is 0.326 e. The Morgan fingerprint density at radius 3 is 2.83 bits per heavy atom. The summed E-state index contributed by atoms with van der Waals surface area (Å²) >= 11 is 0. The fourth-order valence-electron chi connectivity index (χ4n) is 2.48. The third-order valence-electron chi connectivity index (χ3n) is 3.51. The van der Waals surface area contributed by atoms with Crippen LogP contribution in [-0.4, -0.2) is 51.1 Å². The van der Waals surface area contributed by atoms with E-state index in [4.69, 9.17) is 14.2 Å². The van der Waals surface area contributed by atoms with Crippen LogP contribution in [-0.2, 0) is 19.0 Å². The van der Waals surface area contributed by atoms with Crippen LogP contribution in [0, 0.1) is 0 Å².